The zero-order valence-corrected chi connectivity index (χ0v) is 23.3. The van der Waals surface area contributed by atoms with Crippen LogP contribution in [-0.2, 0) is 17.1 Å². The predicted molar refractivity (Wildman–Crippen MR) is 158 cm³/mol. The van der Waals surface area contributed by atoms with Crippen molar-refractivity contribution in [1.29, 1.82) is 0 Å². The molecule has 12 heteroatoms. The van der Waals surface area contributed by atoms with Gasteiger partial charge in [-0.05, 0) is 61.5 Å². The number of para-hydroxylation sites is 1. The van der Waals surface area contributed by atoms with E-state index in [4.69, 9.17) is 10.1 Å². The van der Waals surface area contributed by atoms with Crippen LogP contribution in [0.4, 0.5) is 34.8 Å². The summed E-state index contributed by atoms with van der Waals surface area (Å²) in [5, 5.41) is 8.30. The highest BCUT2D eigenvalue weighted by atomic mass is 35.5. The Labute approximate surface area is 233 Å². The van der Waals surface area contributed by atoms with Crippen LogP contribution in [0.2, 0.25) is 0 Å². The Balaban J connectivity index is 0.00000353. The molecule has 10 nitrogen and oxygen atoms in total. The fraction of sp³-hybridized carbons (Fsp3) is 0.148. The quantitative estimate of drug-likeness (QED) is 0.267. The number of hydrogen-bond donors (Lipinski definition) is 2. The first-order valence-corrected chi connectivity index (χ1v) is 13.5. The van der Waals surface area contributed by atoms with Crippen molar-refractivity contribution in [1.82, 2.24) is 19.5 Å². The van der Waals surface area contributed by atoms with Crippen LogP contribution in [0.15, 0.2) is 90.0 Å². The lowest BCUT2D eigenvalue weighted by Crippen LogP contribution is -2.19. The highest BCUT2D eigenvalue weighted by Crippen LogP contribution is 2.31. The summed E-state index contributed by atoms with van der Waals surface area (Å²) in [7, 11) is 0.121. The Kier molecular flexibility index (Phi) is 8.05. The summed E-state index contributed by atoms with van der Waals surface area (Å²) in [4.78, 5) is 18.0. The van der Waals surface area contributed by atoms with Gasteiger partial charge in [-0.1, -0.05) is 24.3 Å². The number of fused-ring (bicyclic) bond motifs is 1. The molecule has 0 saturated heterocycles. The SMILES string of the molecule is CCN(c1ccccc1)c1nc2cc(N(C)c3ccnc(Nc4cccc(S(N)(=O)=O)c4)n3)ccc2n1C.Cl. The predicted octanol–water partition coefficient (Wildman–Crippen LogP) is 5.10. The van der Waals surface area contributed by atoms with Crippen molar-refractivity contribution >= 4 is 68.2 Å². The Hall–Kier alpha value is -4.19. The first-order chi connectivity index (χ1) is 18.2. The lowest BCUT2D eigenvalue weighted by Gasteiger charge is -2.21. The van der Waals surface area contributed by atoms with Gasteiger partial charge in [-0.15, -0.1) is 12.4 Å². The van der Waals surface area contributed by atoms with Crippen LogP contribution < -0.4 is 20.3 Å². The maximum atomic E-state index is 11.7. The van der Waals surface area contributed by atoms with Gasteiger partial charge in [-0.25, -0.2) is 23.5 Å². The smallest absolute Gasteiger partial charge is 0.238 e. The van der Waals surface area contributed by atoms with E-state index >= 15 is 0 Å². The lowest BCUT2D eigenvalue weighted by atomic mass is 10.2. The standard InChI is InChI=1S/C27H28N8O2S.ClH/c1-4-35(20-10-6-5-7-11-20)27-31-23-18-21(13-14-24(23)34(27)3)33(2)25-15-16-29-26(32-25)30-19-9-8-12-22(17-19)38(28,36)37;/h5-18H,4H2,1-3H3,(H2,28,36,37)(H,29,30,32);1H. The third-order valence-electron chi connectivity index (χ3n) is 6.26. The van der Waals surface area contributed by atoms with Crippen molar-refractivity contribution in [3.63, 3.8) is 0 Å². The summed E-state index contributed by atoms with van der Waals surface area (Å²) in [6.45, 7) is 2.89. The molecule has 0 fully saturated rings. The van der Waals surface area contributed by atoms with Gasteiger partial charge in [0.1, 0.15) is 5.82 Å². The first-order valence-electron chi connectivity index (χ1n) is 12.0. The number of benzene rings is 3. The van der Waals surface area contributed by atoms with E-state index in [2.05, 4.69) is 49.9 Å². The van der Waals surface area contributed by atoms with Crippen LogP contribution in [-0.4, -0.2) is 41.5 Å². The molecule has 39 heavy (non-hydrogen) atoms. The summed E-state index contributed by atoms with van der Waals surface area (Å²) in [5.41, 5.74) is 4.39. The summed E-state index contributed by atoms with van der Waals surface area (Å²) < 4.78 is 25.5. The van der Waals surface area contributed by atoms with Crippen molar-refractivity contribution in [3.8, 4) is 0 Å². The number of hydrogen-bond acceptors (Lipinski definition) is 8. The number of nitrogens with two attached hydrogens (primary N) is 1. The van der Waals surface area contributed by atoms with Crippen LogP contribution in [0.3, 0.4) is 0 Å². The van der Waals surface area contributed by atoms with Gasteiger partial charge in [0.2, 0.25) is 21.9 Å². The zero-order valence-electron chi connectivity index (χ0n) is 21.7. The van der Waals surface area contributed by atoms with Crippen molar-refractivity contribution in [2.24, 2.45) is 12.2 Å². The number of aryl methyl sites for hydroxylation is 1. The Morgan fingerprint density at radius 3 is 2.44 bits per heavy atom. The van der Waals surface area contributed by atoms with Crippen molar-refractivity contribution in [2.75, 3.05) is 28.7 Å². The van der Waals surface area contributed by atoms with Gasteiger partial charge in [-0.2, -0.15) is 4.98 Å². The van der Waals surface area contributed by atoms with E-state index in [1.807, 2.05) is 49.3 Å². The summed E-state index contributed by atoms with van der Waals surface area (Å²) >= 11 is 0. The molecule has 0 saturated carbocycles. The number of sulfonamides is 1. The molecule has 2 aromatic heterocycles. The molecule has 202 valence electrons. The Bertz CT molecular complexity index is 1710. The van der Waals surface area contributed by atoms with E-state index in [1.54, 1.807) is 24.4 Å². The van der Waals surface area contributed by atoms with E-state index < -0.39 is 10.0 Å². The average molecular weight is 565 g/mol. The molecule has 0 spiro atoms. The number of halogens is 1. The fourth-order valence-corrected chi connectivity index (χ4v) is 4.84. The molecule has 0 aliphatic heterocycles. The topological polar surface area (TPSA) is 122 Å². The second-order valence-corrected chi connectivity index (χ2v) is 10.3. The minimum atomic E-state index is -3.82. The molecule has 0 atom stereocenters. The van der Waals surface area contributed by atoms with E-state index in [1.165, 1.54) is 12.1 Å². The molecule has 0 aliphatic carbocycles. The van der Waals surface area contributed by atoms with E-state index in [-0.39, 0.29) is 17.3 Å². The van der Waals surface area contributed by atoms with Gasteiger partial charge in [0.05, 0.1) is 15.9 Å². The van der Waals surface area contributed by atoms with Gasteiger partial charge in [0, 0.05) is 43.9 Å². The maximum absolute atomic E-state index is 11.7. The van der Waals surface area contributed by atoms with Crippen LogP contribution in [0.1, 0.15) is 6.92 Å². The minimum Gasteiger partial charge on any atom is -0.329 e. The molecule has 0 amide bonds. The third-order valence-corrected chi connectivity index (χ3v) is 7.17. The number of primary sulfonamides is 1. The first kappa shape index (κ1) is 27.8. The third kappa shape index (κ3) is 5.80. The van der Waals surface area contributed by atoms with E-state index in [0.717, 1.165) is 34.9 Å². The Morgan fingerprint density at radius 1 is 0.949 bits per heavy atom. The molecule has 0 radical (unpaired) electrons. The number of aromatic nitrogens is 4. The van der Waals surface area contributed by atoms with Crippen LogP contribution in [0.25, 0.3) is 11.0 Å². The van der Waals surface area contributed by atoms with Crippen LogP contribution in [0.5, 0.6) is 0 Å². The second kappa shape index (κ2) is 11.3. The minimum absolute atomic E-state index is 0. The molecular formula is C27H29ClN8O2S. The highest BCUT2D eigenvalue weighted by molar-refractivity contribution is 7.89. The number of nitrogens with one attached hydrogen (secondary N) is 1. The average Bonchev–Trinajstić information content (AvgIpc) is 3.24. The maximum Gasteiger partial charge on any atom is 0.238 e. The summed E-state index contributed by atoms with van der Waals surface area (Å²) in [6.07, 6.45) is 1.64. The van der Waals surface area contributed by atoms with Gasteiger partial charge in [-0.3, -0.25) is 0 Å². The van der Waals surface area contributed by atoms with Crippen LogP contribution in [0, 0.1) is 0 Å². The number of rotatable bonds is 8. The highest BCUT2D eigenvalue weighted by Gasteiger charge is 2.17. The molecule has 0 bridgehead atoms. The molecular weight excluding hydrogens is 536 g/mol. The largest absolute Gasteiger partial charge is 0.329 e. The van der Waals surface area contributed by atoms with Gasteiger partial charge in [0.25, 0.3) is 0 Å². The van der Waals surface area contributed by atoms with Crippen LogP contribution >= 0.6 is 12.4 Å². The number of imidazole rings is 1. The molecule has 2 heterocycles. The van der Waals surface area contributed by atoms with E-state index in [9.17, 15) is 8.42 Å². The van der Waals surface area contributed by atoms with Crippen molar-refractivity contribution < 1.29 is 8.42 Å². The molecule has 3 N–H and O–H groups in total. The molecule has 3 aromatic carbocycles. The van der Waals surface area contributed by atoms with Crippen molar-refractivity contribution in [2.45, 2.75) is 11.8 Å². The second-order valence-electron chi connectivity index (χ2n) is 8.72. The molecule has 0 aliphatic rings. The zero-order chi connectivity index (χ0) is 26.9. The van der Waals surface area contributed by atoms with E-state index in [0.29, 0.717) is 17.5 Å². The normalized spacial score (nSPS) is 11.2. The summed E-state index contributed by atoms with van der Waals surface area (Å²) in [5.74, 6) is 1.84. The number of anilines is 6. The lowest BCUT2D eigenvalue weighted by molar-refractivity contribution is 0.598. The fourth-order valence-electron chi connectivity index (χ4n) is 4.28. The Morgan fingerprint density at radius 2 is 1.72 bits per heavy atom. The molecule has 5 rings (SSSR count). The van der Waals surface area contributed by atoms with Gasteiger partial charge in [0.15, 0.2) is 0 Å². The van der Waals surface area contributed by atoms with Crippen molar-refractivity contribution in [3.05, 3.63) is 85.1 Å². The van der Waals surface area contributed by atoms with Gasteiger partial charge < -0.3 is 19.7 Å². The monoisotopic (exact) mass is 564 g/mol. The molecule has 0 unspecified atom stereocenters. The molecule has 5 aromatic rings. The number of nitrogens with zero attached hydrogens (tertiary/aromatic N) is 6. The summed E-state index contributed by atoms with van der Waals surface area (Å²) in [6, 6.07) is 24.3. The van der Waals surface area contributed by atoms with Gasteiger partial charge >= 0.3 is 0 Å².